The minimum atomic E-state index is -0.353. The summed E-state index contributed by atoms with van der Waals surface area (Å²) in [6, 6.07) is 4.70. The minimum absolute atomic E-state index is 0.0127. The Morgan fingerprint density at radius 2 is 1.84 bits per heavy atom. The molecule has 6 heteroatoms. The van der Waals surface area contributed by atoms with Gasteiger partial charge in [-0.2, -0.15) is 0 Å². The maximum Gasteiger partial charge on any atom is 0.250 e. The van der Waals surface area contributed by atoms with Crippen LogP contribution in [0.5, 0.6) is 0 Å². The highest BCUT2D eigenvalue weighted by atomic mass is 35.5. The molecule has 0 bridgehead atoms. The normalized spacial score (nSPS) is 22.9. The molecule has 19 heavy (non-hydrogen) atoms. The number of rotatable bonds is 1. The van der Waals surface area contributed by atoms with E-state index in [2.05, 4.69) is 0 Å². The number of hydrogen-bond donors (Lipinski definition) is 0. The zero-order chi connectivity index (χ0) is 13.6. The summed E-state index contributed by atoms with van der Waals surface area (Å²) < 4.78 is 0. The van der Waals surface area contributed by atoms with Crippen molar-refractivity contribution in [3.05, 3.63) is 28.2 Å². The van der Waals surface area contributed by atoms with Gasteiger partial charge in [0, 0.05) is 6.54 Å². The van der Waals surface area contributed by atoms with Gasteiger partial charge in [-0.1, -0.05) is 29.3 Å². The summed E-state index contributed by atoms with van der Waals surface area (Å²) in [6.45, 7) is 0.679. The van der Waals surface area contributed by atoms with Crippen LogP contribution in [0.25, 0.3) is 0 Å². The lowest BCUT2D eigenvalue weighted by atomic mass is 10.1. The van der Waals surface area contributed by atoms with Gasteiger partial charge in [0.15, 0.2) is 0 Å². The van der Waals surface area contributed by atoms with Crippen LogP contribution in [-0.4, -0.2) is 35.8 Å². The molecule has 4 nitrogen and oxygen atoms in total. The van der Waals surface area contributed by atoms with Crippen molar-refractivity contribution in [3.8, 4) is 0 Å². The molecule has 2 aliphatic rings. The van der Waals surface area contributed by atoms with Crippen molar-refractivity contribution in [1.82, 2.24) is 4.90 Å². The minimum Gasteiger partial charge on any atom is -0.329 e. The second-order valence-corrected chi connectivity index (χ2v) is 5.55. The highest BCUT2D eigenvalue weighted by Gasteiger charge is 2.43. The number of para-hydroxylation sites is 1. The number of carbonyl (C=O) groups is 2. The molecule has 1 atom stereocenters. The summed E-state index contributed by atoms with van der Waals surface area (Å²) in [5.41, 5.74) is 0.440. The zero-order valence-corrected chi connectivity index (χ0v) is 11.6. The summed E-state index contributed by atoms with van der Waals surface area (Å²) in [5.74, 6) is -0.134. The monoisotopic (exact) mass is 298 g/mol. The second-order valence-electron chi connectivity index (χ2n) is 4.74. The molecule has 1 aromatic rings. The van der Waals surface area contributed by atoms with E-state index in [-0.39, 0.29) is 24.4 Å². The van der Waals surface area contributed by atoms with Crippen LogP contribution in [-0.2, 0) is 9.59 Å². The highest BCUT2D eigenvalue weighted by molar-refractivity contribution is 6.40. The van der Waals surface area contributed by atoms with Gasteiger partial charge in [0.1, 0.15) is 12.6 Å². The third-order valence-electron chi connectivity index (χ3n) is 3.63. The fraction of sp³-hybridized carbons (Fsp3) is 0.385. The summed E-state index contributed by atoms with van der Waals surface area (Å²) in [5, 5.41) is 0.778. The van der Waals surface area contributed by atoms with Crippen LogP contribution in [0.15, 0.2) is 18.2 Å². The molecule has 2 heterocycles. The summed E-state index contributed by atoms with van der Waals surface area (Å²) in [6.07, 6.45) is 1.58. The first-order valence-electron chi connectivity index (χ1n) is 6.14. The highest BCUT2D eigenvalue weighted by Crippen LogP contribution is 2.36. The standard InChI is InChI=1S/C13H12Cl2N2O2/c14-8-3-1-4-9(15)12(8)17-7-11(18)16-6-2-5-10(16)13(17)19/h1,3-4,10H,2,5-7H2. The van der Waals surface area contributed by atoms with Crippen LogP contribution in [0.4, 0.5) is 5.69 Å². The molecule has 0 radical (unpaired) electrons. The Balaban J connectivity index is 2.01. The molecular formula is C13H12Cl2N2O2. The van der Waals surface area contributed by atoms with Crippen molar-refractivity contribution in [2.45, 2.75) is 18.9 Å². The van der Waals surface area contributed by atoms with Crippen molar-refractivity contribution in [2.24, 2.45) is 0 Å². The van der Waals surface area contributed by atoms with Crippen LogP contribution < -0.4 is 4.90 Å². The maximum atomic E-state index is 12.5. The van der Waals surface area contributed by atoms with Crippen molar-refractivity contribution >= 4 is 40.7 Å². The van der Waals surface area contributed by atoms with Gasteiger partial charge < -0.3 is 4.90 Å². The van der Waals surface area contributed by atoms with Gasteiger partial charge in [-0.05, 0) is 25.0 Å². The number of hydrogen-bond acceptors (Lipinski definition) is 2. The topological polar surface area (TPSA) is 40.6 Å². The van der Waals surface area contributed by atoms with Gasteiger partial charge in [0.05, 0.1) is 15.7 Å². The molecule has 0 N–H and O–H groups in total. The summed E-state index contributed by atoms with van der Waals surface area (Å²) in [4.78, 5) is 27.6. The Morgan fingerprint density at radius 3 is 2.53 bits per heavy atom. The van der Waals surface area contributed by atoms with E-state index in [1.807, 2.05) is 0 Å². The molecule has 2 fully saturated rings. The predicted molar refractivity (Wildman–Crippen MR) is 73.6 cm³/mol. The van der Waals surface area contributed by atoms with E-state index in [0.29, 0.717) is 28.7 Å². The molecule has 2 aliphatic heterocycles. The molecule has 100 valence electrons. The number of fused-ring (bicyclic) bond motifs is 1. The van der Waals surface area contributed by atoms with Gasteiger partial charge >= 0.3 is 0 Å². The van der Waals surface area contributed by atoms with E-state index in [1.165, 1.54) is 4.90 Å². The second kappa shape index (κ2) is 4.69. The van der Waals surface area contributed by atoms with Gasteiger partial charge in [0.2, 0.25) is 11.8 Å². The fourth-order valence-corrected chi connectivity index (χ4v) is 3.34. The Morgan fingerprint density at radius 1 is 1.16 bits per heavy atom. The van der Waals surface area contributed by atoms with Gasteiger partial charge in [-0.25, -0.2) is 0 Å². The molecular weight excluding hydrogens is 287 g/mol. The number of anilines is 1. The van der Waals surface area contributed by atoms with Crippen molar-refractivity contribution < 1.29 is 9.59 Å². The van der Waals surface area contributed by atoms with E-state index in [4.69, 9.17) is 23.2 Å². The first-order valence-corrected chi connectivity index (χ1v) is 6.90. The number of nitrogens with zero attached hydrogens (tertiary/aromatic N) is 2. The maximum absolute atomic E-state index is 12.5. The van der Waals surface area contributed by atoms with Crippen LogP contribution in [0.3, 0.4) is 0 Å². The Bertz CT molecular complexity index is 541. The number of halogens is 2. The van der Waals surface area contributed by atoms with Crippen LogP contribution in [0, 0.1) is 0 Å². The Hall–Kier alpha value is -1.26. The molecule has 1 unspecified atom stereocenters. The SMILES string of the molecule is O=C1C2CCCN2C(=O)CN1c1c(Cl)cccc1Cl. The average molecular weight is 299 g/mol. The summed E-state index contributed by atoms with van der Waals surface area (Å²) in [7, 11) is 0. The van der Waals surface area contributed by atoms with Crippen molar-refractivity contribution in [2.75, 3.05) is 18.0 Å². The smallest absolute Gasteiger partial charge is 0.250 e. The summed E-state index contributed by atoms with van der Waals surface area (Å²) >= 11 is 12.2. The van der Waals surface area contributed by atoms with E-state index in [9.17, 15) is 9.59 Å². The van der Waals surface area contributed by atoms with Crippen LogP contribution in [0.1, 0.15) is 12.8 Å². The molecule has 0 saturated carbocycles. The van der Waals surface area contributed by atoms with Gasteiger partial charge in [-0.15, -0.1) is 0 Å². The quantitative estimate of drug-likeness (QED) is 0.798. The Labute approximate surface area is 120 Å². The molecule has 2 saturated heterocycles. The zero-order valence-electron chi connectivity index (χ0n) is 10.1. The average Bonchev–Trinajstić information content (AvgIpc) is 2.85. The van der Waals surface area contributed by atoms with Crippen LogP contribution in [0.2, 0.25) is 10.0 Å². The molecule has 0 aromatic heterocycles. The first-order chi connectivity index (χ1) is 9.09. The third kappa shape index (κ3) is 1.99. The van der Waals surface area contributed by atoms with Gasteiger partial charge in [-0.3, -0.25) is 14.5 Å². The fourth-order valence-electron chi connectivity index (χ4n) is 2.74. The van der Waals surface area contributed by atoms with E-state index in [0.717, 1.165) is 6.42 Å². The number of benzene rings is 1. The molecule has 1 aromatic carbocycles. The lowest BCUT2D eigenvalue weighted by molar-refractivity contribution is -0.140. The van der Waals surface area contributed by atoms with E-state index < -0.39 is 0 Å². The van der Waals surface area contributed by atoms with E-state index in [1.54, 1.807) is 23.1 Å². The molecule has 0 spiro atoms. The van der Waals surface area contributed by atoms with Crippen LogP contribution >= 0.6 is 23.2 Å². The predicted octanol–water partition coefficient (Wildman–Crippen LogP) is 2.33. The van der Waals surface area contributed by atoms with Gasteiger partial charge in [0.25, 0.3) is 0 Å². The molecule has 0 aliphatic carbocycles. The largest absolute Gasteiger partial charge is 0.329 e. The van der Waals surface area contributed by atoms with Crippen molar-refractivity contribution in [1.29, 1.82) is 0 Å². The number of amides is 2. The lowest BCUT2D eigenvalue weighted by Crippen LogP contribution is -2.57. The Kier molecular flexibility index (Phi) is 3.15. The molecule has 2 amide bonds. The third-order valence-corrected chi connectivity index (χ3v) is 4.24. The number of piperazine rings is 1. The van der Waals surface area contributed by atoms with E-state index >= 15 is 0 Å². The lowest BCUT2D eigenvalue weighted by Gasteiger charge is -2.36. The first kappa shape index (κ1) is 12.8. The van der Waals surface area contributed by atoms with Crippen molar-refractivity contribution in [3.63, 3.8) is 0 Å². The molecule has 3 rings (SSSR count). The number of carbonyl (C=O) groups excluding carboxylic acids is 2.